The SMILES string of the molecule is CC[C@H](C)[C@H](NC)C(=O)NCCNc1ccnc2cc(Cl)ccc12. The van der Waals surface area contributed by atoms with E-state index in [0.29, 0.717) is 24.0 Å². The number of nitrogens with one attached hydrogen (secondary N) is 3. The Bertz CT molecular complexity index is 692. The number of hydrogen-bond donors (Lipinski definition) is 3. The van der Waals surface area contributed by atoms with Gasteiger partial charge in [0.25, 0.3) is 0 Å². The number of benzene rings is 1. The fourth-order valence-corrected chi connectivity index (χ4v) is 2.84. The van der Waals surface area contributed by atoms with E-state index in [9.17, 15) is 4.79 Å². The summed E-state index contributed by atoms with van der Waals surface area (Å²) in [7, 11) is 1.82. The van der Waals surface area contributed by atoms with E-state index < -0.39 is 0 Å². The fourth-order valence-electron chi connectivity index (χ4n) is 2.68. The number of carbonyl (C=O) groups is 1. The van der Waals surface area contributed by atoms with E-state index in [0.717, 1.165) is 23.0 Å². The van der Waals surface area contributed by atoms with Gasteiger partial charge in [-0.2, -0.15) is 0 Å². The highest BCUT2D eigenvalue weighted by molar-refractivity contribution is 6.31. The van der Waals surface area contributed by atoms with Gasteiger partial charge in [-0.25, -0.2) is 0 Å². The zero-order valence-corrected chi connectivity index (χ0v) is 15.2. The zero-order valence-electron chi connectivity index (χ0n) is 14.4. The number of likely N-dealkylation sites (N-methyl/N-ethyl adjacent to an activating group) is 1. The van der Waals surface area contributed by atoms with Crippen LogP contribution in [0, 0.1) is 5.92 Å². The summed E-state index contributed by atoms with van der Waals surface area (Å²) in [5.41, 5.74) is 1.83. The monoisotopic (exact) mass is 348 g/mol. The molecule has 2 rings (SSSR count). The highest BCUT2D eigenvalue weighted by Crippen LogP contribution is 2.24. The average molecular weight is 349 g/mol. The standard InChI is InChI=1S/C18H25ClN4O/c1-4-12(2)17(20-3)18(24)23-10-9-22-15-7-8-21-16-11-13(19)5-6-14(15)16/h5-8,11-12,17,20H,4,9-10H2,1-3H3,(H,21,22)(H,23,24)/t12-,17-/m0/s1. The van der Waals surface area contributed by atoms with Gasteiger partial charge in [0.15, 0.2) is 0 Å². The topological polar surface area (TPSA) is 66.1 Å². The van der Waals surface area contributed by atoms with E-state index in [4.69, 9.17) is 11.6 Å². The first-order chi connectivity index (χ1) is 11.6. The van der Waals surface area contributed by atoms with Crippen molar-refractivity contribution in [3.05, 3.63) is 35.5 Å². The van der Waals surface area contributed by atoms with E-state index in [2.05, 4.69) is 34.8 Å². The number of pyridine rings is 1. The highest BCUT2D eigenvalue weighted by atomic mass is 35.5. The molecule has 0 spiro atoms. The van der Waals surface area contributed by atoms with Gasteiger partial charge in [0.2, 0.25) is 5.91 Å². The van der Waals surface area contributed by atoms with Gasteiger partial charge in [0, 0.05) is 35.4 Å². The van der Waals surface area contributed by atoms with Crippen LogP contribution in [0.5, 0.6) is 0 Å². The van der Waals surface area contributed by atoms with Crippen molar-refractivity contribution in [1.29, 1.82) is 0 Å². The molecule has 0 aliphatic rings. The van der Waals surface area contributed by atoms with Crippen molar-refractivity contribution in [3.8, 4) is 0 Å². The maximum atomic E-state index is 12.2. The summed E-state index contributed by atoms with van der Waals surface area (Å²) in [6, 6.07) is 7.41. The lowest BCUT2D eigenvalue weighted by Gasteiger charge is -2.21. The molecule has 2 atom stereocenters. The first-order valence-electron chi connectivity index (χ1n) is 8.30. The predicted molar refractivity (Wildman–Crippen MR) is 101 cm³/mol. The third-order valence-corrected chi connectivity index (χ3v) is 4.49. The second-order valence-corrected chi connectivity index (χ2v) is 6.33. The molecule has 0 saturated heterocycles. The molecule has 0 bridgehead atoms. The summed E-state index contributed by atoms with van der Waals surface area (Å²) in [5.74, 6) is 0.344. The van der Waals surface area contributed by atoms with Crippen molar-refractivity contribution < 1.29 is 4.79 Å². The van der Waals surface area contributed by atoms with Crippen LogP contribution in [-0.2, 0) is 4.79 Å². The number of halogens is 1. The van der Waals surface area contributed by atoms with Gasteiger partial charge in [-0.05, 0) is 37.2 Å². The number of fused-ring (bicyclic) bond motifs is 1. The fraction of sp³-hybridized carbons (Fsp3) is 0.444. The molecule has 0 unspecified atom stereocenters. The summed E-state index contributed by atoms with van der Waals surface area (Å²) in [5, 5.41) is 11.1. The van der Waals surface area contributed by atoms with Crippen LogP contribution >= 0.6 is 11.6 Å². The van der Waals surface area contributed by atoms with Crippen molar-refractivity contribution in [3.63, 3.8) is 0 Å². The predicted octanol–water partition coefficient (Wildman–Crippen LogP) is 3.05. The number of rotatable bonds is 8. The molecule has 2 aromatic rings. The molecule has 0 aliphatic heterocycles. The van der Waals surface area contributed by atoms with E-state index in [-0.39, 0.29) is 11.9 Å². The van der Waals surface area contributed by atoms with Crippen LogP contribution in [0.15, 0.2) is 30.5 Å². The molecule has 24 heavy (non-hydrogen) atoms. The first-order valence-corrected chi connectivity index (χ1v) is 8.67. The molecule has 0 radical (unpaired) electrons. The van der Waals surface area contributed by atoms with Crippen molar-refractivity contribution in [1.82, 2.24) is 15.6 Å². The Hall–Kier alpha value is -1.85. The van der Waals surface area contributed by atoms with Crippen LogP contribution in [-0.4, -0.2) is 37.1 Å². The van der Waals surface area contributed by atoms with Gasteiger partial charge in [-0.3, -0.25) is 9.78 Å². The normalized spacial score (nSPS) is 13.5. The summed E-state index contributed by atoms with van der Waals surface area (Å²) in [6.07, 6.45) is 2.71. The maximum absolute atomic E-state index is 12.2. The van der Waals surface area contributed by atoms with Gasteiger partial charge < -0.3 is 16.0 Å². The summed E-state index contributed by atoms with van der Waals surface area (Å²) in [6.45, 7) is 5.37. The molecule has 0 aliphatic carbocycles. The largest absolute Gasteiger partial charge is 0.383 e. The molecule has 5 nitrogen and oxygen atoms in total. The van der Waals surface area contributed by atoms with Gasteiger partial charge in [0.1, 0.15) is 0 Å². The zero-order chi connectivity index (χ0) is 17.5. The lowest BCUT2D eigenvalue weighted by molar-refractivity contribution is -0.124. The van der Waals surface area contributed by atoms with Crippen LogP contribution in [0.3, 0.4) is 0 Å². The Labute approximate surface area is 148 Å². The lowest BCUT2D eigenvalue weighted by atomic mass is 9.99. The third-order valence-electron chi connectivity index (χ3n) is 4.25. The minimum absolute atomic E-state index is 0.0417. The Kier molecular flexibility index (Phi) is 6.82. The van der Waals surface area contributed by atoms with Gasteiger partial charge in [-0.15, -0.1) is 0 Å². The third kappa shape index (κ3) is 4.58. The summed E-state index contributed by atoms with van der Waals surface area (Å²) in [4.78, 5) is 16.5. The number of amides is 1. The van der Waals surface area contributed by atoms with Gasteiger partial charge in [-0.1, -0.05) is 31.9 Å². The number of aromatic nitrogens is 1. The lowest BCUT2D eigenvalue weighted by Crippen LogP contribution is -2.47. The molecule has 6 heteroatoms. The molecular weight excluding hydrogens is 324 g/mol. The minimum Gasteiger partial charge on any atom is -0.383 e. The number of anilines is 1. The minimum atomic E-state index is -0.154. The molecule has 0 fully saturated rings. The smallest absolute Gasteiger partial charge is 0.237 e. The molecule has 3 N–H and O–H groups in total. The van der Waals surface area contributed by atoms with Crippen LogP contribution < -0.4 is 16.0 Å². The van der Waals surface area contributed by atoms with Gasteiger partial charge >= 0.3 is 0 Å². The Morgan fingerprint density at radius 2 is 2.08 bits per heavy atom. The first kappa shape index (κ1) is 18.5. The van der Waals surface area contributed by atoms with Crippen LogP contribution in [0.4, 0.5) is 5.69 Å². The van der Waals surface area contributed by atoms with Crippen molar-refractivity contribution in [2.24, 2.45) is 5.92 Å². The molecule has 1 aromatic heterocycles. The van der Waals surface area contributed by atoms with E-state index in [1.165, 1.54) is 0 Å². The van der Waals surface area contributed by atoms with Crippen molar-refractivity contribution in [2.45, 2.75) is 26.3 Å². The molecule has 130 valence electrons. The molecule has 1 aromatic carbocycles. The van der Waals surface area contributed by atoms with Crippen LogP contribution in [0.2, 0.25) is 5.02 Å². The molecular formula is C18H25ClN4O. The quantitative estimate of drug-likeness (QED) is 0.641. The Morgan fingerprint density at radius 1 is 1.29 bits per heavy atom. The van der Waals surface area contributed by atoms with Crippen molar-refractivity contribution in [2.75, 3.05) is 25.5 Å². The van der Waals surface area contributed by atoms with E-state index in [1.807, 2.05) is 31.3 Å². The molecule has 1 amide bonds. The average Bonchev–Trinajstić information content (AvgIpc) is 2.58. The van der Waals surface area contributed by atoms with Crippen molar-refractivity contribution >= 4 is 34.1 Å². The van der Waals surface area contributed by atoms with Crippen LogP contribution in [0.25, 0.3) is 10.9 Å². The Morgan fingerprint density at radius 3 is 2.79 bits per heavy atom. The summed E-state index contributed by atoms with van der Waals surface area (Å²) >= 11 is 6.00. The second-order valence-electron chi connectivity index (χ2n) is 5.89. The Balaban J connectivity index is 1.90. The number of hydrogen-bond acceptors (Lipinski definition) is 4. The van der Waals surface area contributed by atoms with Crippen LogP contribution in [0.1, 0.15) is 20.3 Å². The number of carbonyl (C=O) groups excluding carboxylic acids is 1. The molecule has 0 saturated carbocycles. The summed E-state index contributed by atoms with van der Waals surface area (Å²) < 4.78 is 0. The highest BCUT2D eigenvalue weighted by Gasteiger charge is 2.21. The van der Waals surface area contributed by atoms with Gasteiger partial charge in [0.05, 0.1) is 11.6 Å². The van der Waals surface area contributed by atoms with E-state index >= 15 is 0 Å². The maximum Gasteiger partial charge on any atom is 0.237 e. The molecule has 1 heterocycles. The number of nitrogens with zero attached hydrogens (tertiary/aromatic N) is 1. The van der Waals surface area contributed by atoms with E-state index in [1.54, 1.807) is 6.20 Å². The second kappa shape index (κ2) is 8.85.